The topological polar surface area (TPSA) is 143 Å². The molecule has 3 atom stereocenters. The van der Waals surface area contributed by atoms with Gasteiger partial charge in [-0.05, 0) is 5.75 Å². The van der Waals surface area contributed by atoms with E-state index in [-0.39, 0.29) is 11.6 Å². The monoisotopic (exact) mass is 437 g/mol. The van der Waals surface area contributed by atoms with Crippen molar-refractivity contribution in [2.45, 2.75) is 25.1 Å². The number of ether oxygens (including phenoxy) is 2. The molecule has 1 aromatic rings. The van der Waals surface area contributed by atoms with Gasteiger partial charge in [0.15, 0.2) is 11.9 Å². The molecular weight excluding hydrogens is 414 g/mol. The van der Waals surface area contributed by atoms with Gasteiger partial charge in [0.25, 0.3) is 0 Å². The van der Waals surface area contributed by atoms with Crippen LogP contribution in [0.5, 0.6) is 0 Å². The number of carboxylic acid groups (broad SMARTS) is 1. The fraction of sp³-hybridized carbons (Fsp3) is 0.421. The van der Waals surface area contributed by atoms with Crippen LogP contribution in [0.1, 0.15) is 12.5 Å². The SMILES string of the molecule is CCSCC(N=C(NC(=O)OC)c1ccccc1)C(=O)NC1C(=O)COC1C(=O)O. The summed E-state index contributed by atoms with van der Waals surface area (Å²) in [6.07, 6.45) is -2.21. The van der Waals surface area contributed by atoms with Crippen LogP contribution in [-0.2, 0) is 23.9 Å². The average Bonchev–Trinajstić information content (AvgIpc) is 3.11. The van der Waals surface area contributed by atoms with Crippen molar-refractivity contribution in [2.75, 3.05) is 25.2 Å². The van der Waals surface area contributed by atoms with Crippen LogP contribution < -0.4 is 10.6 Å². The van der Waals surface area contributed by atoms with E-state index in [2.05, 4.69) is 20.4 Å². The molecular formula is C19H23N3O7S. The number of nitrogens with one attached hydrogen (secondary N) is 2. The maximum absolute atomic E-state index is 12.9. The molecule has 30 heavy (non-hydrogen) atoms. The highest BCUT2D eigenvalue weighted by Crippen LogP contribution is 2.14. The lowest BCUT2D eigenvalue weighted by molar-refractivity contribution is -0.148. The van der Waals surface area contributed by atoms with Crippen LogP contribution in [-0.4, -0.2) is 78.1 Å². The van der Waals surface area contributed by atoms with E-state index in [1.54, 1.807) is 30.3 Å². The number of hydrogen-bond donors (Lipinski definition) is 3. The van der Waals surface area contributed by atoms with Gasteiger partial charge < -0.3 is 19.9 Å². The van der Waals surface area contributed by atoms with Gasteiger partial charge in [-0.15, -0.1) is 0 Å². The molecule has 2 amide bonds. The Hall–Kier alpha value is -2.92. The second kappa shape index (κ2) is 11.3. The zero-order valence-corrected chi connectivity index (χ0v) is 17.3. The van der Waals surface area contributed by atoms with Gasteiger partial charge in [-0.3, -0.25) is 19.9 Å². The number of ketones is 1. The number of nitrogens with zero attached hydrogens (tertiary/aromatic N) is 1. The van der Waals surface area contributed by atoms with Crippen molar-refractivity contribution in [3.8, 4) is 0 Å². The molecule has 2 rings (SSSR count). The first-order valence-electron chi connectivity index (χ1n) is 9.10. The minimum absolute atomic E-state index is 0.114. The van der Waals surface area contributed by atoms with Crippen LogP contribution >= 0.6 is 11.8 Å². The second-order valence-electron chi connectivity index (χ2n) is 6.16. The molecule has 162 valence electrons. The number of amides is 2. The molecule has 10 nitrogen and oxygen atoms in total. The summed E-state index contributed by atoms with van der Waals surface area (Å²) < 4.78 is 9.56. The van der Waals surface area contributed by atoms with Gasteiger partial charge in [0.1, 0.15) is 24.5 Å². The first-order valence-corrected chi connectivity index (χ1v) is 10.3. The first-order chi connectivity index (χ1) is 14.4. The smallest absolute Gasteiger partial charge is 0.412 e. The molecule has 3 N–H and O–H groups in total. The van der Waals surface area contributed by atoms with Gasteiger partial charge in [0.05, 0.1) is 7.11 Å². The fourth-order valence-corrected chi connectivity index (χ4v) is 3.31. The van der Waals surface area contributed by atoms with E-state index in [0.29, 0.717) is 11.3 Å². The number of amidine groups is 1. The predicted molar refractivity (Wildman–Crippen MR) is 110 cm³/mol. The Morgan fingerprint density at radius 1 is 1.33 bits per heavy atom. The van der Waals surface area contributed by atoms with Crippen molar-refractivity contribution >= 4 is 41.4 Å². The van der Waals surface area contributed by atoms with Crippen LogP contribution in [0.25, 0.3) is 0 Å². The van der Waals surface area contributed by atoms with Crippen LogP contribution in [0, 0.1) is 0 Å². The zero-order chi connectivity index (χ0) is 22.1. The maximum Gasteiger partial charge on any atom is 0.412 e. The zero-order valence-electron chi connectivity index (χ0n) is 16.5. The Kier molecular flexibility index (Phi) is 8.81. The Morgan fingerprint density at radius 2 is 2.03 bits per heavy atom. The number of rotatable bonds is 8. The third-order valence-electron chi connectivity index (χ3n) is 4.12. The number of aliphatic imine (C=N–C) groups is 1. The minimum atomic E-state index is -1.45. The number of benzene rings is 1. The van der Waals surface area contributed by atoms with E-state index in [0.717, 1.165) is 0 Å². The number of carbonyl (C=O) groups is 4. The summed E-state index contributed by atoms with van der Waals surface area (Å²) in [7, 11) is 1.20. The van der Waals surface area contributed by atoms with E-state index in [9.17, 15) is 24.3 Å². The Balaban J connectivity index is 2.30. The Bertz CT molecular complexity index is 816. The Morgan fingerprint density at radius 3 is 2.63 bits per heavy atom. The van der Waals surface area contributed by atoms with Gasteiger partial charge >= 0.3 is 12.1 Å². The van der Waals surface area contributed by atoms with Crippen molar-refractivity contribution in [1.29, 1.82) is 0 Å². The molecule has 1 heterocycles. The van der Waals surface area contributed by atoms with E-state index >= 15 is 0 Å². The van der Waals surface area contributed by atoms with Crippen molar-refractivity contribution in [2.24, 2.45) is 4.99 Å². The van der Waals surface area contributed by atoms with Crippen molar-refractivity contribution in [1.82, 2.24) is 10.6 Å². The standard InChI is InChI=1S/C19H23N3O7S/c1-3-30-10-12(17(24)21-14-13(23)9-29-15(14)18(25)26)20-16(22-19(27)28-2)11-7-5-4-6-8-11/h4-8,12,14-15H,3,9-10H2,1-2H3,(H,21,24)(H,25,26)(H,20,22,27). The van der Waals surface area contributed by atoms with Gasteiger partial charge in [-0.25, -0.2) is 9.59 Å². The van der Waals surface area contributed by atoms with Crippen LogP contribution in [0.3, 0.4) is 0 Å². The quantitative estimate of drug-likeness (QED) is 0.393. The summed E-state index contributed by atoms with van der Waals surface area (Å²) in [5.41, 5.74) is 0.547. The van der Waals surface area contributed by atoms with Crippen LogP contribution in [0.15, 0.2) is 35.3 Å². The van der Waals surface area contributed by atoms with E-state index in [1.165, 1.54) is 18.9 Å². The molecule has 0 aliphatic carbocycles. The number of alkyl carbamates (subject to hydrolysis) is 1. The van der Waals surface area contributed by atoms with Crippen LogP contribution in [0.2, 0.25) is 0 Å². The van der Waals surface area contributed by atoms with Gasteiger partial charge in [0, 0.05) is 11.3 Å². The third-order valence-corrected chi connectivity index (χ3v) is 5.08. The summed E-state index contributed by atoms with van der Waals surface area (Å²) >= 11 is 1.43. The summed E-state index contributed by atoms with van der Waals surface area (Å²) in [5.74, 6) is -1.45. The molecule has 11 heteroatoms. The van der Waals surface area contributed by atoms with Gasteiger partial charge in [-0.2, -0.15) is 11.8 Å². The number of aliphatic carboxylic acids is 1. The molecule has 0 saturated carbocycles. The summed E-state index contributed by atoms with van der Waals surface area (Å²) in [4.78, 5) is 52.2. The lowest BCUT2D eigenvalue weighted by Crippen LogP contribution is -2.51. The van der Waals surface area contributed by atoms with E-state index in [1.807, 2.05) is 6.92 Å². The molecule has 0 aromatic heterocycles. The largest absolute Gasteiger partial charge is 0.479 e. The number of methoxy groups -OCH3 is 1. The predicted octanol–water partition coefficient (Wildman–Crippen LogP) is 0.448. The third kappa shape index (κ3) is 6.29. The molecule has 1 aliphatic rings. The average molecular weight is 437 g/mol. The lowest BCUT2D eigenvalue weighted by atomic mass is 10.1. The molecule has 1 aromatic carbocycles. The number of Topliss-reactive ketones (excluding diaryl/α,β-unsaturated/α-hetero) is 1. The fourth-order valence-electron chi connectivity index (χ4n) is 2.63. The summed E-state index contributed by atoms with van der Waals surface area (Å²) in [6, 6.07) is 6.38. The maximum atomic E-state index is 12.9. The summed E-state index contributed by atoms with van der Waals surface area (Å²) in [5, 5.41) is 14.1. The molecule has 3 unspecified atom stereocenters. The van der Waals surface area contributed by atoms with Crippen LogP contribution in [0.4, 0.5) is 4.79 Å². The number of hydrogen-bond acceptors (Lipinski definition) is 8. The molecule has 0 spiro atoms. The van der Waals surface area contributed by atoms with Gasteiger partial charge in [0.2, 0.25) is 5.91 Å². The number of carbonyl (C=O) groups excluding carboxylic acids is 3. The molecule has 0 bridgehead atoms. The second-order valence-corrected chi connectivity index (χ2v) is 7.48. The first kappa shape index (κ1) is 23.4. The van der Waals surface area contributed by atoms with E-state index < -0.39 is 48.5 Å². The van der Waals surface area contributed by atoms with Gasteiger partial charge in [-0.1, -0.05) is 37.3 Å². The van der Waals surface area contributed by atoms with Crippen molar-refractivity contribution in [3.63, 3.8) is 0 Å². The molecule has 1 fully saturated rings. The highest BCUT2D eigenvalue weighted by atomic mass is 32.2. The number of carboxylic acids is 1. The normalized spacial score (nSPS) is 19.8. The number of thioether (sulfide) groups is 1. The van der Waals surface area contributed by atoms with E-state index in [4.69, 9.17) is 4.74 Å². The Labute approximate surface area is 177 Å². The highest BCUT2D eigenvalue weighted by Gasteiger charge is 2.42. The lowest BCUT2D eigenvalue weighted by Gasteiger charge is -2.19. The van der Waals surface area contributed by atoms with Crippen molar-refractivity contribution in [3.05, 3.63) is 35.9 Å². The molecule has 0 radical (unpaired) electrons. The van der Waals surface area contributed by atoms with Crippen molar-refractivity contribution < 1.29 is 33.8 Å². The molecule has 1 aliphatic heterocycles. The highest BCUT2D eigenvalue weighted by molar-refractivity contribution is 7.99. The minimum Gasteiger partial charge on any atom is -0.479 e. The molecule has 1 saturated heterocycles. The summed E-state index contributed by atoms with van der Waals surface area (Å²) in [6.45, 7) is 1.52.